The number of nitrogens with zero attached hydrogens (tertiary/aromatic N) is 4. The van der Waals surface area contributed by atoms with Gasteiger partial charge < -0.3 is 14.6 Å². The Morgan fingerprint density at radius 1 is 1.43 bits per heavy atom. The van der Waals surface area contributed by atoms with Gasteiger partial charge in [-0.05, 0) is 33.1 Å². The third kappa shape index (κ3) is 4.20. The van der Waals surface area contributed by atoms with Crippen molar-refractivity contribution in [2.24, 2.45) is 0 Å². The van der Waals surface area contributed by atoms with Gasteiger partial charge in [0.2, 0.25) is 5.91 Å². The predicted molar refractivity (Wildman–Crippen MR) is 83.9 cm³/mol. The van der Waals surface area contributed by atoms with Crippen LogP contribution in [0.4, 0.5) is 4.79 Å². The Hall–Kier alpha value is -2.12. The van der Waals surface area contributed by atoms with E-state index >= 15 is 0 Å². The highest BCUT2D eigenvalue weighted by Crippen LogP contribution is 2.18. The Kier molecular flexibility index (Phi) is 5.95. The Bertz CT molecular complexity index is 543. The van der Waals surface area contributed by atoms with E-state index in [-0.39, 0.29) is 11.9 Å². The monoisotopic (exact) mass is 323 g/mol. The fourth-order valence-electron chi connectivity index (χ4n) is 2.83. The molecule has 1 fully saturated rings. The van der Waals surface area contributed by atoms with Crippen LogP contribution in [0, 0.1) is 0 Å². The summed E-state index contributed by atoms with van der Waals surface area (Å²) in [6.07, 6.45) is 4.37. The summed E-state index contributed by atoms with van der Waals surface area (Å²) in [6.45, 7) is 5.14. The van der Waals surface area contributed by atoms with Crippen LogP contribution < -0.4 is 5.32 Å². The molecule has 0 spiro atoms. The van der Waals surface area contributed by atoms with E-state index in [9.17, 15) is 9.59 Å². The molecule has 128 valence electrons. The van der Waals surface area contributed by atoms with Crippen molar-refractivity contribution in [2.45, 2.75) is 51.6 Å². The van der Waals surface area contributed by atoms with Crippen molar-refractivity contribution in [2.75, 3.05) is 20.2 Å². The van der Waals surface area contributed by atoms with Crippen LogP contribution in [-0.4, -0.2) is 57.9 Å². The Morgan fingerprint density at radius 2 is 2.22 bits per heavy atom. The number of hydrogen-bond donors (Lipinski definition) is 1. The second-order valence-electron chi connectivity index (χ2n) is 5.96. The summed E-state index contributed by atoms with van der Waals surface area (Å²) in [4.78, 5) is 25.6. The summed E-state index contributed by atoms with van der Waals surface area (Å²) in [5.41, 5.74) is 0. The molecule has 0 aliphatic carbocycles. The third-order valence-corrected chi connectivity index (χ3v) is 4.07. The quantitative estimate of drug-likeness (QED) is 0.877. The molecule has 2 rings (SSSR count). The minimum atomic E-state index is -0.445. The van der Waals surface area contributed by atoms with Crippen molar-refractivity contribution in [1.82, 2.24) is 25.0 Å². The van der Waals surface area contributed by atoms with Crippen LogP contribution in [0.5, 0.6) is 0 Å². The maximum absolute atomic E-state index is 12.4. The number of aromatic nitrogens is 3. The number of amides is 2. The first-order valence-corrected chi connectivity index (χ1v) is 8.05. The molecular weight excluding hydrogens is 298 g/mol. The predicted octanol–water partition coefficient (Wildman–Crippen LogP) is 1.14. The summed E-state index contributed by atoms with van der Waals surface area (Å²) >= 11 is 0. The van der Waals surface area contributed by atoms with Gasteiger partial charge in [-0.25, -0.2) is 4.79 Å². The highest BCUT2D eigenvalue weighted by atomic mass is 16.5. The van der Waals surface area contributed by atoms with Gasteiger partial charge in [0, 0.05) is 25.6 Å². The zero-order valence-corrected chi connectivity index (χ0v) is 14.0. The minimum absolute atomic E-state index is 0.134. The first-order chi connectivity index (χ1) is 11.0. The van der Waals surface area contributed by atoms with Gasteiger partial charge in [-0.3, -0.25) is 9.69 Å². The molecule has 8 nitrogen and oxygen atoms in total. The van der Waals surface area contributed by atoms with Crippen molar-refractivity contribution in [3.05, 3.63) is 12.2 Å². The number of hydrogen-bond acceptors (Lipinski definition) is 5. The van der Waals surface area contributed by atoms with Crippen LogP contribution in [-0.2, 0) is 16.0 Å². The molecule has 1 aliphatic rings. The zero-order chi connectivity index (χ0) is 16.8. The summed E-state index contributed by atoms with van der Waals surface area (Å²) < 4.78 is 6.74. The van der Waals surface area contributed by atoms with E-state index in [0.717, 1.165) is 18.7 Å². The lowest BCUT2D eigenvalue weighted by Gasteiger charge is -2.33. The summed E-state index contributed by atoms with van der Waals surface area (Å²) in [6, 6.07) is -0.164. The van der Waals surface area contributed by atoms with Gasteiger partial charge in [-0.2, -0.15) is 0 Å². The molecule has 23 heavy (non-hydrogen) atoms. The number of piperidine rings is 1. The van der Waals surface area contributed by atoms with E-state index < -0.39 is 12.1 Å². The second kappa shape index (κ2) is 7.94. The SMILES string of the molecule is COC(=O)N1CCCC[C@@H]1C(=O)NCCc1nncn1C(C)C. The van der Waals surface area contributed by atoms with E-state index in [0.29, 0.717) is 25.9 Å². The van der Waals surface area contributed by atoms with Crippen molar-refractivity contribution >= 4 is 12.0 Å². The smallest absolute Gasteiger partial charge is 0.410 e. The van der Waals surface area contributed by atoms with Crippen LogP contribution in [0.2, 0.25) is 0 Å². The normalized spacial score (nSPS) is 18.1. The molecule has 0 saturated carbocycles. The molecule has 0 unspecified atom stereocenters. The van der Waals surface area contributed by atoms with Crippen LogP contribution >= 0.6 is 0 Å². The third-order valence-electron chi connectivity index (χ3n) is 4.07. The van der Waals surface area contributed by atoms with Crippen LogP contribution in [0.1, 0.15) is 45.0 Å². The number of carbonyl (C=O) groups excluding carboxylic acids is 2. The molecule has 2 heterocycles. The van der Waals surface area contributed by atoms with E-state index in [1.165, 1.54) is 12.0 Å². The number of nitrogens with one attached hydrogen (secondary N) is 1. The Morgan fingerprint density at radius 3 is 2.91 bits per heavy atom. The zero-order valence-electron chi connectivity index (χ0n) is 14.0. The number of carbonyl (C=O) groups is 2. The summed E-state index contributed by atoms with van der Waals surface area (Å²) in [5, 5.41) is 10.9. The lowest BCUT2D eigenvalue weighted by molar-refractivity contribution is -0.126. The average molecular weight is 323 g/mol. The lowest BCUT2D eigenvalue weighted by Crippen LogP contribution is -2.52. The van der Waals surface area contributed by atoms with E-state index in [4.69, 9.17) is 4.74 Å². The number of ether oxygens (including phenoxy) is 1. The molecule has 8 heteroatoms. The van der Waals surface area contributed by atoms with Crippen LogP contribution in [0.25, 0.3) is 0 Å². The highest BCUT2D eigenvalue weighted by molar-refractivity contribution is 5.85. The van der Waals surface area contributed by atoms with Gasteiger partial charge in [0.05, 0.1) is 7.11 Å². The lowest BCUT2D eigenvalue weighted by atomic mass is 10.0. The van der Waals surface area contributed by atoms with Crippen molar-refractivity contribution in [3.8, 4) is 0 Å². The van der Waals surface area contributed by atoms with E-state index in [1.807, 2.05) is 4.57 Å². The molecule has 1 aromatic heterocycles. The average Bonchev–Trinajstić information content (AvgIpc) is 3.02. The molecule has 1 N–H and O–H groups in total. The molecular formula is C15H25N5O3. The minimum Gasteiger partial charge on any atom is -0.453 e. The Labute approximate surface area is 136 Å². The maximum atomic E-state index is 12.4. The first-order valence-electron chi connectivity index (χ1n) is 8.05. The molecule has 0 bridgehead atoms. The molecule has 1 aromatic rings. The van der Waals surface area contributed by atoms with Gasteiger partial charge >= 0.3 is 6.09 Å². The van der Waals surface area contributed by atoms with Gasteiger partial charge in [0.15, 0.2) is 0 Å². The van der Waals surface area contributed by atoms with Crippen molar-refractivity contribution in [3.63, 3.8) is 0 Å². The van der Waals surface area contributed by atoms with E-state index in [2.05, 4.69) is 29.4 Å². The first kappa shape index (κ1) is 17.2. The van der Waals surface area contributed by atoms with Gasteiger partial charge in [-0.1, -0.05) is 0 Å². The van der Waals surface area contributed by atoms with Crippen LogP contribution in [0.15, 0.2) is 6.33 Å². The van der Waals surface area contributed by atoms with Crippen molar-refractivity contribution in [1.29, 1.82) is 0 Å². The fraction of sp³-hybridized carbons (Fsp3) is 0.733. The van der Waals surface area contributed by atoms with Gasteiger partial charge in [0.1, 0.15) is 18.2 Å². The highest BCUT2D eigenvalue weighted by Gasteiger charge is 2.32. The molecule has 0 radical (unpaired) electrons. The molecule has 1 saturated heterocycles. The summed E-state index contributed by atoms with van der Waals surface area (Å²) in [7, 11) is 1.34. The second-order valence-corrected chi connectivity index (χ2v) is 5.96. The van der Waals surface area contributed by atoms with Crippen molar-refractivity contribution < 1.29 is 14.3 Å². The molecule has 1 aliphatic heterocycles. The molecule has 0 aromatic carbocycles. The Balaban J connectivity index is 1.88. The van der Waals surface area contributed by atoms with Crippen LogP contribution in [0.3, 0.4) is 0 Å². The van der Waals surface area contributed by atoms with Gasteiger partial charge in [0.25, 0.3) is 0 Å². The number of likely N-dealkylation sites (tertiary alicyclic amines) is 1. The number of methoxy groups -OCH3 is 1. The fourth-order valence-corrected chi connectivity index (χ4v) is 2.83. The number of rotatable bonds is 5. The molecule has 2 amide bonds. The molecule has 1 atom stereocenters. The maximum Gasteiger partial charge on any atom is 0.410 e. The largest absolute Gasteiger partial charge is 0.453 e. The topological polar surface area (TPSA) is 89.3 Å². The van der Waals surface area contributed by atoms with E-state index in [1.54, 1.807) is 6.33 Å². The summed E-state index contributed by atoms with van der Waals surface area (Å²) in [5.74, 6) is 0.708. The van der Waals surface area contributed by atoms with Gasteiger partial charge in [-0.15, -0.1) is 10.2 Å². The standard InChI is InChI=1S/C15H25N5O3/c1-11(2)20-10-17-18-13(20)7-8-16-14(21)12-6-4-5-9-19(12)15(22)23-3/h10-12H,4-9H2,1-3H3,(H,16,21)/t12-/m1/s1.